The molecule has 2 aliphatic heterocycles. The molecule has 0 saturated carbocycles. The van der Waals surface area contributed by atoms with Gasteiger partial charge in [-0.2, -0.15) is 0 Å². The van der Waals surface area contributed by atoms with E-state index in [1.807, 2.05) is 4.90 Å². The van der Waals surface area contributed by atoms with E-state index in [-0.39, 0.29) is 12.0 Å². The van der Waals surface area contributed by atoms with Crippen molar-refractivity contribution in [1.29, 1.82) is 0 Å². The molecule has 0 spiro atoms. The summed E-state index contributed by atoms with van der Waals surface area (Å²) in [6.45, 7) is 4.63. The van der Waals surface area contributed by atoms with Crippen LogP contribution >= 0.6 is 0 Å². The van der Waals surface area contributed by atoms with Gasteiger partial charge in [0.2, 0.25) is 5.91 Å². The number of likely N-dealkylation sites (tertiary alicyclic amines) is 1. The predicted octanol–water partition coefficient (Wildman–Crippen LogP) is 0.742. The van der Waals surface area contributed by atoms with Crippen LogP contribution in [-0.2, 0) is 14.3 Å². The lowest BCUT2D eigenvalue weighted by atomic mass is 10.1. The van der Waals surface area contributed by atoms with Gasteiger partial charge in [0.1, 0.15) is 6.79 Å². The van der Waals surface area contributed by atoms with Crippen molar-refractivity contribution in [2.45, 2.75) is 38.2 Å². The topological polar surface area (TPSA) is 50.8 Å². The summed E-state index contributed by atoms with van der Waals surface area (Å²) in [6, 6.07) is 0. The van der Waals surface area contributed by atoms with Crippen LogP contribution in [0.5, 0.6) is 0 Å². The van der Waals surface area contributed by atoms with Gasteiger partial charge in [-0.25, -0.2) is 0 Å². The van der Waals surface area contributed by atoms with Gasteiger partial charge < -0.3 is 19.7 Å². The molecule has 1 amide bonds. The molecule has 1 atom stereocenters. The lowest BCUT2D eigenvalue weighted by Gasteiger charge is -2.27. The molecule has 1 N–H and O–H groups in total. The summed E-state index contributed by atoms with van der Waals surface area (Å²) in [6.07, 6.45) is 5.37. The van der Waals surface area contributed by atoms with Crippen LogP contribution < -0.4 is 5.32 Å². The fourth-order valence-corrected chi connectivity index (χ4v) is 2.42. The minimum Gasteiger partial charge on any atom is -0.355 e. The molecule has 5 heteroatoms. The summed E-state index contributed by atoms with van der Waals surface area (Å²) in [4.78, 5) is 13.9. The van der Waals surface area contributed by atoms with E-state index in [9.17, 15) is 4.79 Å². The number of hydrogen-bond acceptors (Lipinski definition) is 4. The monoisotopic (exact) mass is 256 g/mol. The molecule has 104 valence electrons. The first-order chi connectivity index (χ1) is 8.86. The lowest BCUT2D eigenvalue weighted by molar-refractivity contribution is -0.137. The number of nitrogens with one attached hydrogen (secondary N) is 1. The van der Waals surface area contributed by atoms with Crippen LogP contribution in [0.25, 0.3) is 0 Å². The first kappa shape index (κ1) is 13.8. The van der Waals surface area contributed by atoms with Crippen molar-refractivity contribution in [3.63, 3.8) is 0 Å². The van der Waals surface area contributed by atoms with E-state index in [2.05, 4.69) is 5.32 Å². The summed E-state index contributed by atoms with van der Waals surface area (Å²) < 4.78 is 10.5. The van der Waals surface area contributed by atoms with Gasteiger partial charge in [-0.15, -0.1) is 0 Å². The zero-order valence-electron chi connectivity index (χ0n) is 11.0. The van der Waals surface area contributed by atoms with Gasteiger partial charge in [0, 0.05) is 32.6 Å². The molecule has 0 aliphatic carbocycles. The van der Waals surface area contributed by atoms with Gasteiger partial charge in [0.15, 0.2) is 0 Å². The Morgan fingerprint density at radius 3 is 2.83 bits per heavy atom. The normalized spacial score (nSPS) is 25.1. The number of carbonyl (C=O) groups is 1. The van der Waals surface area contributed by atoms with E-state index >= 15 is 0 Å². The van der Waals surface area contributed by atoms with Crippen molar-refractivity contribution in [2.24, 2.45) is 0 Å². The molecule has 2 rings (SSSR count). The Hall–Kier alpha value is -0.650. The van der Waals surface area contributed by atoms with Crippen molar-refractivity contribution in [2.75, 3.05) is 39.6 Å². The van der Waals surface area contributed by atoms with E-state index in [0.29, 0.717) is 13.2 Å². The number of carbonyl (C=O) groups excluding carboxylic acids is 1. The smallest absolute Gasteiger partial charge is 0.223 e. The number of ether oxygens (including phenoxy) is 2. The minimum absolute atomic E-state index is 0.240. The SMILES string of the molecule is O=C(CCNCC1CCOCO1)N1CCCCC1. The van der Waals surface area contributed by atoms with Crippen molar-refractivity contribution in [3.05, 3.63) is 0 Å². The fraction of sp³-hybridized carbons (Fsp3) is 0.923. The highest BCUT2D eigenvalue weighted by Gasteiger charge is 2.16. The minimum atomic E-state index is 0.240. The molecule has 0 bridgehead atoms. The molecule has 0 radical (unpaired) electrons. The van der Waals surface area contributed by atoms with Gasteiger partial charge in [-0.05, 0) is 25.7 Å². The average Bonchev–Trinajstić information content (AvgIpc) is 2.45. The van der Waals surface area contributed by atoms with Crippen molar-refractivity contribution in [3.8, 4) is 0 Å². The van der Waals surface area contributed by atoms with E-state index in [4.69, 9.17) is 9.47 Å². The first-order valence-electron chi connectivity index (χ1n) is 7.04. The standard InChI is InChI=1S/C13H24N2O3/c16-13(15-7-2-1-3-8-15)4-6-14-10-12-5-9-17-11-18-12/h12,14H,1-11H2. The first-order valence-corrected chi connectivity index (χ1v) is 7.04. The van der Waals surface area contributed by atoms with Gasteiger partial charge in [0.25, 0.3) is 0 Å². The summed E-state index contributed by atoms with van der Waals surface area (Å²) in [7, 11) is 0. The maximum atomic E-state index is 11.9. The third kappa shape index (κ3) is 4.55. The highest BCUT2D eigenvalue weighted by atomic mass is 16.7. The second kappa shape index (κ2) is 7.71. The van der Waals surface area contributed by atoms with E-state index < -0.39 is 0 Å². The van der Waals surface area contributed by atoms with E-state index in [1.54, 1.807) is 0 Å². The Morgan fingerprint density at radius 2 is 2.11 bits per heavy atom. The van der Waals surface area contributed by atoms with E-state index in [0.717, 1.165) is 52.0 Å². The largest absolute Gasteiger partial charge is 0.355 e. The second-order valence-corrected chi connectivity index (χ2v) is 5.00. The van der Waals surface area contributed by atoms with Gasteiger partial charge in [-0.1, -0.05) is 0 Å². The third-order valence-electron chi connectivity index (χ3n) is 3.57. The fourth-order valence-electron chi connectivity index (χ4n) is 2.42. The summed E-state index contributed by atoms with van der Waals surface area (Å²) in [5.41, 5.74) is 0. The Labute approximate surface area is 109 Å². The Balaban J connectivity index is 1.52. The van der Waals surface area contributed by atoms with Crippen LogP contribution in [0.15, 0.2) is 0 Å². The molecule has 0 aromatic rings. The molecule has 2 aliphatic rings. The van der Waals surface area contributed by atoms with Crippen molar-refractivity contribution < 1.29 is 14.3 Å². The highest BCUT2D eigenvalue weighted by Crippen LogP contribution is 2.09. The van der Waals surface area contributed by atoms with Crippen LogP contribution in [-0.4, -0.2) is 56.5 Å². The molecule has 1 unspecified atom stereocenters. The molecule has 0 aromatic heterocycles. The number of amides is 1. The Morgan fingerprint density at radius 1 is 1.28 bits per heavy atom. The molecule has 2 heterocycles. The molecule has 18 heavy (non-hydrogen) atoms. The maximum Gasteiger partial charge on any atom is 0.223 e. The maximum absolute atomic E-state index is 11.9. The number of piperidine rings is 1. The highest BCUT2D eigenvalue weighted by molar-refractivity contribution is 5.76. The predicted molar refractivity (Wildman–Crippen MR) is 68.2 cm³/mol. The Bertz CT molecular complexity index is 249. The summed E-state index contributed by atoms with van der Waals surface area (Å²) in [5.74, 6) is 0.287. The van der Waals surface area contributed by atoms with Crippen LogP contribution in [0.3, 0.4) is 0 Å². The number of hydrogen-bond donors (Lipinski definition) is 1. The van der Waals surface area contributed by atoms with Crippen LogP contribution in [0, 0.1) is 0 Å². The molecular formula is C13H24N2O3. The molecule has 5 nitrogen and oxygen atoms in total. The van der Waals surface area contributed by atoms with Crippen molar-refractivity contribution in [1.82, 2.24) is 10.2 Å². The third-order valence-corrected chi connectivity index (χ3v) is 3.57. The van der Waals surface area contributed by atoms with Gasteiger partial charge >= 0.3 is 0 Å². The van der Waals surface area contributed by atoms with Crippen LogP contribution in [0.2, 0.25) is 0 Å². The van der Waals surface area contributed by atoms with Gasteiger partial charge in [-0.3, -0.25) is 4.79 Å². The van der Waals surface area contributed by atoms with E-state index in [1.165, 1.54) is 6.42 Å². The zero-order valence-corrected chi connectivity index (χ0v) is 11.0. The van der Waals surface area contributed by atoms with Crippen LogP contribution in [0.4, 0.5) is 0 Å². The molecule has 0 aromatic carbocycles. The van der Waals surface area contributed by atoms with Gasteiger partial charge in [0.05, 0.1) is 12.7 Å². The summed E-state index contributed by atoms with van der Waals surface area (Å²) in [5, 5.41) is 3.30. The second-order valence-electron chi connectivity index (χ2n) is 5.00. The zero-order chi connectivity index (χ0) is 12.6. The number of nitrogens with zero attached hydrogens (tertiary/aromatic N) is 1. The average molecular weight is 256 g/mol. The summed E-state index contributed by atoms with van der Waals surface area (Å²) >= 11 is 0. The van der Waals surface area contributed by atoms with Crippen molar-refractivity contribution >= 4 is 5.91 Å². The van der Waals surface area contributed by atoms with Crippen LogP contribution in [0.1, 0.15) is 32.1 Å². The number of rotatable bonds is 5. The molecular weight excluding hydrogens is 232 g/mol. The molecule has 2 saturated heterocycles. The Kier molecular flexibility index (Phi) is 5.90. The molecule has 2 fully saturated rings. The lowest BCUT2D eigenvalue weighted by Crippen LogP contribution is -2.39. The quantitative estimate of drug-likeness (QED) is 0.737.